The number of carbonyl (C=O) groups is 1. The number of carbonyl (C=O) groups excluding carboxylic acids is 1. The Bertz CT molecular complexity index is 1120. The van der Waals surface area contributed by atoms with Gasteiger partial charge in [0.25, 0.3) is 5.91 Å². The maximum atomic E-state index is 12.5. The molecule has 0 fully saturated rings. The summed E-state index contributed by atoms with van der Waals surface area (Å²) in [7, 11) is 1.61. The number of hydrogen-bond donors (Lipinski definition) is 1. The summed E-state index contributed by atoms with van der Waals surface area (Å²) in [5.41, 5.74) is 1.31. The zero-order valence-corrected chi connectivity index (χ0v) is 15.9. The molecule has 0 spiro atoms. The van der Waals surface area contributed by atoms with Crippen LogP contribution in [0.2, 0.25) is 0 Å². The van der Waals surface area contributed by atoms with Crippen molar-refractivity contribution in [3.63, 3.8) is 0 Å². The van der Waals surface area contributed by atoms with Gasteiger partial charge in [-0.2, -0.15) is 4.98 Å². The number of aromatic nitrogens is 3. The molecule has 1 amide bonds. The summed E-state index contributed by atoms with van der Waals surface area (Å²) in [6.07, 6.45) is 0. The Morgan fingerprint density at radius 2 is 1.93 bits per heavy atom. The second-order valence-corrected chi connectivity index (χ2v) is 6.88. The second kappa shape index (κ2) is 7.65. The summed E-state index contributed by atoms with van der Waals surface area (Å²) in [5.74, 6) is 2.06. The van der Waals surface area contributed by atoms with Crippen LogP contribution in [0.3, 0.4) is 0 Å². The fourth-order valence-corrected chi connectivity index (χ4v) is 3.39. The van der Waals surface area contributed by atoms with Gasteiger partial charge in [-0.1, -0.05) is 16.5 Å². The highest BCUT2D eigenvalue weighted by atomic mass is 32.1. The van der Waals surface area contributed by atoms with E-state index in [0.29, 0.717) is 28.2 Å². The summed E-state index contributed by atoms with van der Waals surface area (Å²) in [5, 5.41) is 7.11. The molecule has 142 valence electrons. The molecule has 2 heterocycles. The molecule has 0 aliphatic carbocycles. The maximum Gasteiger partial charge on any atom is 0.257 e. The Morgan fingerprint density at radius 1 is 1.14 bits per heavy atom. The number of aryl methyl sites for hydroxylation is 1. The van der Waals surface area contributed by atoms with E-state index in [4.69, 9.17) is 14.0 Å². The van der Waals surface area contributed by atoms with Gasteiger partial charge in [-0.3, -0.25) is 10.1 Å². The van der Waals surface area contributed by atoms with E-state index in [1.165, 1.54) is 11.3 Å². The van der Waals surface area contributed by atoms with Crippen molar-refractivity contribution in [2.75, 3.05) is 12.4 Å². The minimum absolute atomic E-state index is 0.193. The number of fused-ring (bicyclic) bond motifs is 1. The number of nitrogens with one attached hydrogen (secondary N) is 1. The van der Waals surface area contributed by atoms with Crippen LogP contribution in [-0.2, 0) is 6.61 Å². The molecule has 9 heteroatoms. The van der Waals surface area contributed by atoms with Crippen molar-refractivity contribution in [1.82, 2.24) is 15.1 Å². The third-order valence-corrected chi connectivity index (χ3v) is 4.80. The molecular formula is C19H16N4O4S. The van der Waals surface area contributed by atoms with Crippen LogP contribution >= 0.6 is 11.3 Å². The molecule has 4 rings (SSSR count). The van der Waals surface area contributed by atoms with Crippen molar-refractivity contribution in [1.29, 1.82) is 0 Å². The van der Waals surface area contributed by atoms with Gasteiger partial charge >= 0.3 is 0 Å². The molecule has 0 aliphatic heterocycles. The van der Waals surface area contributed by atoms with Gasteiger partial charge in [0.1, 0.15) is 11.5 Å². The van der Waals surface area contributed by atoms with E-state index in [1.807, 2.05) is 18.2 Å². The summed E-state index contributed by atoms with van der Waals surface area (Å²) in [6, 6.07) is 12.4. The first kappa shape index (κ1) is 17.9. The van der Waals surface area contributed by atoms with Gasteiger partial charge in [0.2, 0.25) is 11.7 Å². The number of ether oxygens (including phenoxy) is 2. The molecule has 0 unspecified atom stereocenters. The van der Waals surface area contributed by atoms with E-state index in [2.05, 4.69) is 20.4 Å². The van der Waals surface area contributed by atoms with Crippen molar-refractivity contribution < 1.29 is 18.8 Å². The molecule has 28 heavy (non-hydrogen) atoms. The molecule has 8 nitrogen and oxygen atoms in total. The first-order chi connectivity index (χ1) is 13.6. The lowest BCUT2D eigenvalue weighted by molar-refractivity contribution is 0.102. The highest BCUT2D eigenvalue weighted by molar-refractivity contribution is 7.22. The van der Waals surface area contributed by atoms with Gasteiger partial charge in [0, 0.05) is 12.5 Å². The van der Waals surface area contributed by atoms with E-state index < -0.39 is 0 Å². The summed E-state index contributed by atoms with van der Waals surface area (Å²) in [4.78, 5) is 21.0. The minimum atomic E-state index is -0.244. The Balaban J connectivity index is 1.40. The molecule has 0 saturated heterocycles. The van der Waals surface area contributed by atoms with Gasteiger partial charge in [0.05, 0.1) is 17.3 Å². The highest BCUT2D eigenvalue weighted by Gasteiger charge is 2.11. The zero-order chi connectivity index (χ0) is 19.5. The SMILES string of the molecule is COc1ccc2nc(NC(=O)c3ccc(OCc4noc(C)n4)cc3)sc2c1. The number of hydrogen-bond acceptors (Lipinski definition) is 8. The lowest BCUT2D eigenvalue weighted by Gasteiger charge is -2.05. The standard InChI is InChI=1S/C19H16N4O4S/c1-11-20-17(23-27-11)10-26-13-5-3-12(4-6-13)18(24)22-19-21-15-8-7-14(25-2)9-16(15)28-19/h3-9H,10H2,1-2H3,(H,21,22,24). The van der Waals surface area contributed by atoms with E-state index >= 15 is 0 Å². The largest absolute Gasteiger partial charge is 0.497 e. The van der Waals surface area contributed by atoms with Crippen molar-refractivity contribution in [2.45, 2.75) is 13.5 Å². The fourth-order valence-electron chi connectivity index (χ4n) is 2.51. The van der Waals surface area contributed by atoms with Crippen molar-refractivity contribution in [2.24, 2.45) is 0 Å². The van der Waals surface area contributed by atoms with Crippen LogP contribution in [0, 0.1) is 6.92 Å². The van der Waals surface area contributed by atoms with Gasteiger partial charge in [0.15, 0.2) is 11.7 Å². The first-order valence-corrected chi connectivity index (χ1v) is 9.20. The normalized spacial score (nSPS) is 10.8. The smallest absolute Gasteiger partial charge is 0.257 e. The lowest BCUT2D eigenvalue weighted by atomic mass is 10.2. The third kappa shape index (κ3) is 3.94. The van der Waals surface area contributed by atoms with E-state index in [9.17, 15) is 4.79 Å². The Labute approximate surface area is 164 Å². The summed E-state index contributed by atoms with van der Waals surface area (Å²) < 4.78 is 16.6. The fraction of sp³-hybridized carbons (Fsp3) is 0.158. The van der Waals surface area contributed by atoms with E-state index in [1.54, 1.807) is 38.3 Å². The molecule has 0 bridgehead atoms. The maximum absolute atomic E-state index is 12.5. The van der Waals surface area contributed by atoms with Crippen molar-refractivity contribution in [3.05, 3.63) is 59.7 Å². The molecule has 0 aliphatic rings. The predicted octanol–water partition coefficient (Wildman–Crippen LogP) is 3.83. The number of rotatable bonds is 6. The average Bonchev–Trinajstić information content (AvgIpc) is 3.31. The minimum Gasteiger partial charge on any atom is -0.497 e. The zero-order valence-electron chi connectivity index (χ0n) is 15.1. The van der Waals surface area contributed by atoms with Crippen LogP contribution in [0.1, 0.15) is 22.1 Å². The van der Waals surface area contributed by atoms with Gasteiger partial charge in [-0.25, -0.2) is 4.98 Å². The monoisotopic (exact) mass is 396 g/mol. The predicted molar refractivity (Wildman–Crippen MR) is 104 cm³/mol. The van der Waals surface area contributed by atoms with Crippen molar-refractivity contribution in [3.8, 4) is 11.5 Å². The molecule has 0 saturated carbocycles. The van der Waals surface area contributed by atoms with Crippen LogP contribution in [0.25, 0.3) is 10.2 Å². The van der Waals surface area contributed by atoms with Gasteiger partial charge < -0.3 is 14.0 Å². The Hall–Kier alpha value is -3.46. The lowest BCUT2D eigenvalue weighted by Crippen LogP contribution is -2.11. The quantitative estimate of drug-likeness (QED) is 0.529. The van der Waals surface area contributed by atoms with Gasteiger partial charge in [-0.15, -0.1) is 0 Å². The van der Waals surface area contributed by atoms with Crippen LogP contribution in [-0.4, -0.2) is 28.1 Å². The Kier molecular flexibility index (Phi) is 4.90. The molecule has 4 aromatic rings. The van der Waals surface area contributed by atoms with E-state index in [0.717, 1.165) is 16.0 Å². The summed E-state index contributed by atoms with van der Waals surface area (Å²) in [6.45, 7) is 1.91. The molecule has 2 aromatic carbocycles. The molecule has 1 N–H and O–H groups in total. The van der Waals surface area contributed by atoms with Crippen LogP contribution in [0.5, 0.6) is 11.5 Å². The topological polar surface area (TPSA) is 99.4 Å². The summed E-state index contributed by atoms with van der Waals surface area (Å²) >= 11 is 1.39. The number of thiazole rings is 1. The first-order valence-electron chi connectivity index (χ1n) is 8.39. The average molecular weight is 396 g/mol. The van der Waals surface area contributed by atoms with Crippen molar-refractivity contribution >= 4 is 32.6 Å². The number of benzene rings is 2. The van der Waals surface area contributed by atoms with Crippen LogP contribution < -0.4 is 14.8 Å². The number of methoxy groups -OCH3 is 1. The van der Waals surface area contributed by atoms with E-state index in [-0.39, 0.29) is 12.5 Å². The van der Waals surface area contributed by atoms with Crippen LogP contribution in [0.15, 0.2) is 47.0 Å². The molecule has 0 atom stereocenters. The Morgan fingerprint density at radius 3 is 2.64 bits per heavy atom. The number of anilines is 1. The number of nitrogens with zero attached hydrogens (tertiary/aromatic N) is 3. The highest BCUT2D eigenvalue weighted by Crippen LogP contribution is 2.29. The molecular weight excluding hydrogens is 380 g/mol. The molecule has 2 aromatic heterocycles. The molecule has 0 radical (unpaired) electrons. The number of amides is 1. The van der Waals surface area contributed by atoms with Gasteiger partial charge in [-0.05, 0) is 42.5 Å². The second-order valence-electron chi connectivity index (χ2n) is 5.85. The third-order valence-electron chi connectivity index (χ3n) is 3.87. The van der Waals surface area contributed by atoms with Crippen LogP contribution in [0.4, 0.5) is 5.13 Å².